The molecule has 4 heteroatoms. The molecule has 1 saturated heterocycles. The Morgan fingerprint density at radius 1 is 1.16 bits per heavy atom. The highest BCUT2D eigenvalue weighted by Gasteiger charge is 2.25. The molecule has 0 aliphatic carbocycles. The highest BCUT2D eigenvalue weighted by Crippen LogP contribution is 2.29. The normalized spacial score (nSPS) is 16.0. The minimum atomic E-state index is -0.0197. The van der Waals surface area contributed by atoms with Gasteiger partial charge in [0.05, 0.1) is 6.04 Å². The van der Waals surface area contributed by atoms with Crippen molar-refractivity contribution in [2.24, 2.45) is 0 Å². The molecule has 132 valence electrons. The maximum absolute atomic E-state index is 12.6. The Labute approximate surface area is 155 Å². The van der Waals surface area contributed by atoms with E-state index in [2.05, 4.69) is 16.3 Å². The quantitative estimate of drug-likeness (QED) is 0.854. The predicted molar refractivity (Wildman–Crippen MR) is 103 cm³/mol. The first-order valence-electron chi connectivity index (χ1n) is 8.90. The molecule has 25 heavy (non-hydrogen) atoms. The summed E-state index contributed by atoms with van der Waals surface area (Å²) in [6.07, 6.45) is 2.40. The number of hydrogen-bond donors (Lipinski definition) is 1. The molecule has 0 aromatic heterocycles. The summed E-state index contributed by atoms with van der Waals surface area (Å²) in [7, 11) is 0. The van der Waals surface area contributed by atoms with Crippen LogP contribution in [-0.2, 0) is 0 Å². The SMILES string of the molecule is Cc1ccc(C(=O)NCC(c2ccccc2Cl)N2CCCC2)c(C)c1. The maximum Gasteiger partial charge on any atom is 0.251 e. The standard InChI is InChI=1S/C21H25ClN2O/c1-15-9-10-17(16(2)13-15)21(25)23-14-20(24-11-5-6-12-24)18-7-3-4-8-19(18)22/h3-4,7-10,13,20H,5-6,11-12,14H2,1-2H3,(H,23,25). The smallest absolute Gasteiger partial charge is 0.251 e. The molecule has 2 aromatic rings. The predicted octanol–water partition coefficient (Wildman–Crippen LogP) is 4.52. The second kappa shape index (κ2) is 8.03. The summed E-state index contributed by atoms with van der Waals surface area (Å²) >= 11 is 6.43. The van der Waals surface area contributed by atoms with Crippen LogP contribution in [0.1, 0.15) is 45.9 Å². The van der Waals surface area contributed by atoms with Crippen molar-refractivity contribution in [3.05, 3.63) is 69.7 Å². The molecule has 2 aromatic carbocycles. The lowest BCUT2D eigenvalue weighted by Crippen LogP contribution is -2.37. The summed E-state index contributed by atoms with van der Waals surface area (Å²) in [5.74, 6) is -0.0197. The number of halogens is 1. The molecule has 0 radical (unpaired) electrons. The summed E-state index contributed by atoms with van der Waals surface area (Å²) in [4.78, 5) is 15.1. The summed E-state index contributed by atoms with van der Waals surface area (Å²) in [6, 6.07) is 14.0. The first kappa shape index (κ1) is 18.0. The van der Waals surface area contributed by atoms with E-state index >= 15 is 0 Å². The Hall–Kier alpha value is -1.84. The third kappa shape index (κ3) is 4.23. The summed E-state index contributed by atoms with van der Waals surface area (Å²) < 4.78 is 0. The number of rotatable bonds is 5. The van der Waals surface area contributed by atoms with Gasteiger partial charge in [-0.15, -0.1) is 0 Å². The van der Waals surface area contributed by atoms with E-state index in [1.54, 1.807) is 0 Å². The second-order valence-electron chi connectivity index (χ2n) is 6.81. The number of hydrogen-bond acceptors (Lipinski definition) is 2. The lowest BCUT2D eigenvalue weighted by Gasteiger charge is -2.29. The minimum Gasteiger partial charge on any atom is -0.350 e. The van der Waals surface area contributed by atoms with Crippen molar-refractivity contribution in [2.75, 3.05) is 19.6 Å². The first-order chi connectivity index (χ1) is 12.1. The zero-order valence-electron chi connectivity index (χ0n) is 14.9. The van der Waals surface area contributed by atoms with E-state index < -0.39 is 0 Å². The van der Waals surface area contributed by atoms with Crippen LogP contribution in [0.3, 0.4) is 0 Å². The third-order valence-corrected chi connectivity index (χ3v) is 5.27. The van der Waals surface area contributed by atoms with Crippen LogP contribution in [0.2, 0.25) is 5.02 Å². The lowest BCUT2D eigenvalue weighted by atomic mass is 10.0. The monoisotopic (exact) mass is 356 g/mol. The largest absolute Gasteiger partial charge is 0.350 e. The van der Waals surface area contributed by atoms with E-state index in [1.165, 1.54) is 18.4 Å². The molecule has 1 unspecified atom stereocenters. The van der Waals surface area contributed by atoms with Crippen LogP contribution in [0.25, 0.3) is 0 Å². The molecule has 1 aliphatic rings. The molecule has 1 heterocycles. The molecule has 1 N–H and O–H groups in total. The van der Waals surface area contributed by atoms with Crippen molar-refractivity contribution in [1.82, 2.24) is 10.2 Å². The van der Waals surface area contributed by atoms with E-state index in [9.17, 15) is 4.79 Å². The molecule has 0 spiro atoms. The molecular formula is C21H25ClN2O. The molecular weight excluding hydrogens is 332 g/mol. The highest BCUT2D eigenvalue weighted by atomic mass is 35.5. The van der Waals surface area contributed by atoms with Crippen molar-refractivity contribution >= 4 is 17.5 Å². The van der Waals surface area contributed by atoms with Crippen LogP contribution in [-0.4, -0.2) is 30.4 Å². The highest BCUT2D eigenvalue weighted by molar-refractivity contribution is 6.31. The maximum atomic E-state index is 12.6. The number of nitrogens with zero attached hydrogens (tertiary/aromatic N) is 1. The Balaban J connectivity index is 1.76. The zero-order chi connectivity index (χ0) is 17.8. The van der Waals surface area contributed by atoms with E-state index in [-0.39, 0.29) is 11.9 Å². The fourth-order valence-electron chi connectivity index (χ4n) is 3.59. The Morgan fingerprint density at radius 2 is 1.88 bits per heavy atom. The van der Waals surface area contributed by atoms with Gasteiger partial charge < -0.3 is 5.32 Å². The zero-order valence-corrected chi connectivity index (χ0v) is 15.6. The van der Waals surface area contributed by atoms with Crippen LogP contribution in [0.5, 0.6) is 0 Å². The Kier molecular flexibility index (Phi) is 5.77. The van der Waals surface area contributed by atoms with E-state index in [0.29, 0.717) is 6.54 Å². The molecule has 0 saturated carbocycles. The van der Waals surface area contributed by atoms with Crippen molar-refractivity contribution in [3.63, 3.8) is 0 Å². The molecule has 3 nitrogen and oxygen atoms in total. The minimum absolute atomic E-state index is 0.0197. The average molecular weight is 357 g/mol. The summed E-state index contributed by atoms with van der Waals surface area (Å²) in [6.45, 7) is 6.68. The number of nitrogens with one attached hydrogen (secondary N) is 1. The molecule has 1 amide bonds. The molecule has 0 bridgehead atoms. The van der Waals surface area contributed by atoms with Gasteiger partial charge in [-0.1, -0.05) is 47.5 Å². The number of carbonyl (C=O) groups is 1. The lowest BCUT2D eigenvalue weighted by molar-refractivity contribution is 0.0937. The fourth-order valence-corrected chi connectivity index (χ4v) is 3.85. The van der Waals surface area contributed by atoms with Gasteiger partial charge in [-0.25, -0.2) is 0 Å². The van der Waals surface area contributed by atoms with E-state index in [0.717, 1.165) is 34.8 Å². The van der Waals surface area contributed by atoms with Crippen LogP contribution < -0.4 is 5.32 Å². The van der Waals surface area contributed by atoms with Crippen molar-refractivity contribution in [1.29, 1.82) is 0 Å². The number of aryl methyl sites for hydroxylation is 2. The number of benzene rings is 2. The van der Waals surface area contributed by atoms with Gasteiger partial charge >= 0.3 is 0 Å². The third-order valence-electron chi connectivity index (χ3n) is 4.93. The van der Waals surface area contributed by atoms with Gasteiger partial charge in [-0.3, -0.25) is 9.69 Å². The van der Waals surface area contributed by atoms with Crippen LogP contribution >= 0.6 is 11.6 Å². The van der Waals surface area contributed by atoms with Crippen LogP contribution in [0.4, 0.5) is 0 Å². The van der Waals surface area contributed by atoms with Crippen molar-refractivity contribution in [2.45, 2.75) is 32.7 Å². The topological polar surface area (TPSA) is 32.3 Å². The van der Waals surface area contributed by atoms with Gasteiger partial charge in [0.1, 0.15) is 0 Å². The number of carbonyl (C=O) groups excluding carboxylic acids is 1. The number of amides is 1. The van der Waals surface area contributed by atoms with Crippen LogP contribution in [0, 0.1) is 13.8 Å². The van der Waals surface area contributed by atoms with Gasteiger partial charge in [0, 0.05) is 17.1 Å². The Morgan fingerprint density at radius 3 is 2.56 bits per heavy atom. The summed E-state index contributed by atoms with van der Waals surface area (Å²) in [5.41, 5.74) is 4.00. The van der Waals surface area contributed by atoms with Gasteiger partial charge in [-0.2, -0.15) is 0 Å². The van der Waals surface area contributed by atoms with Gasteiger partial charge in [0.25, 0.3) is 5.91 Å². The molecule has 1 aliphatic heterocycles. The van der Waals surface area contributed by atoms with Crippen LogP contribution in [0.15, 0.2) is 42.5 Å². The first-order valence-corrected chi connectivity index (χ1v) is 9.28. The second-order valence-corrected chi connectivity index (χ2v) is 7.22. The summed E-state index contributed by atoms with van der Waals surface area (Å²) in [5, 5.41) is 3.89. The van der Waals surface area contributed by atoms with Gasteiger partial charge in [-0.05, 0) is 63.0 Å². The molecule has 3 rings (SSSR count). The van der Waals surface area contributed by atoms with Gasteiger partial charge in [0.15, 0.2) is 0 Å². The number of likely N-dealkylation sites (tertiary alicyclic amines) is 1. The van der Waals surface area contributed by atoms with Crippen molar-refractivity contribution < 1.29 is 4.79 Å². The molecule has 1 atom stereocenters. The molecule has 1 fully saturated rings. The average Bonchev–Trinajstić information content (AvgIpc) is 3.10. The van der Waals surface area contributed by atoms with Gasteiger partial charge in [0.2, 0.25) is 0 Å². The Bertz CT molecular complexity index is 753. The van der Waals surface area contributed by atoms with E-state index in [1.807, 2.05) is 50.2 Å². The van der Waals surface area contributed by atoms with E-state index in [4.69, 9.17) is 11.6 Å². The van der Waals surface area contributed by atoms with Crippen molar-refractivity contribution in [3.8, 4) is 0 Å². The fraction of sp³-hybridized carbons (Fsp3) is 0.381.